The quantitative estimate of drug-likeness (QED) is 0.489. The highest BCUT2D eigenvalue weighted by atomic mass is 32.2. The monoisotopic (exact) mass is 487 g/mol. The largest absolute Gasteiger partial charge is 0.493 e. The Morgan fingerprint density at radius 2 is 1.82 bits per heavy atom. The number of thioether (sulfide) groups is 1. The summed E-state index contributed by atoms with van der Waals surface area (Å²) in [5.41, 5.74) is 1.92. The van der Waals surface area contributed by atoms with E-state index in [0.29, 0.717) is 34.5 Å². The second kappa shape index (κ2) is 10.1. The fourth-order valence-electron chi connectivity index (χ4n) is 3.30. The number of halogens is 1. The number of hydrogen-bond donors (Lipinski definition) is 1. The Morgan fingerprint density at radius 1 is 1.12 bits per heavy atom. The van der Waals surface area contributed by atoms with E-state index in [2.05, 4.69) is 10.3 Å². The zero-order valence-electron chi connectivity index (χ0n) is 18.3. The highest BCUT2D eigenvalue weighted by molar-refractivity contribution is 8.03. The third kappa shape index (κ3) is 5.07. The summed E-state index contributed by atoms with van der Waals surface area (Å²) in [4.78, 5) is 19.6. The molecule has 0 bridgehead atoms. The molecule has 1 fully saturated rings. The van der Waals surface area contributed by atoms with E-state index in [-0.39, 0.29) is 11.7 Å². The number of carbonyl (C=O) groups excluding carboxylic acids is 1. The number of rotatable bonds is 7. The van der Waals surface area contributed by atoms with Crippen molar-refractivity contribution in [3.05, 3.63) is 63.9 Å². The predicted molar refractivity (Wildman–Crippen MR) is 129 cm³/mol. The van der Waals surface area contributed by atoms with Crippen LogP contribution in [-0.4, -0.2) is 49.4 Å². The summed E-state index contributed by atoms with van der Waals surface area (Å²) in [6.45, 7) is 0.580. The first-order chi connectivity index (χ1) is 16.0. The fourth-order valence-corrected chi connectivity index (χ4v) is 5.01. The van der Waals surface area contributed by atoms with Crippen LogP contribution in [0.5, 0.6) is 17.2 Å². The van der Waals surface area contributed by atoms with Crippen molar-refractivity contribution in [3.63, 3.8) is 0 Å². The number of thiazole rings is 1. The number of aromatic nitrogens is 1. The van der Waals surface area contributed by atoms with Crippen LogP contribution in [0.4, 0.5) is 15.2 Å². The van der Waals surface area contributed by atoms with Gasteiger partial charge < -0.3 is 24.4 Å². The molecule has 0 spiro atoms. The van der Waals surface area contributed by atoms with Crippen LogP contribution in [0, 0.1) is 5.82 Å². The molecule has 1 N–H and O–H groups in total. The van der Waals surface area contributed by atoms with Gasteiger partial charge in [-0.1, -0.05) is 0 Å². The van der Waals surface area contributed by atoms with Crippen molar-refractivity contribution in [1.29, 1.82) is 0 Å². The smallest absolute Gasteiger partial charge is 0.258 e. The van der Waals surface area contributed by atoms with Gasteiger partial charge >= 0.3 is 0 Å². The van der Waals surface area contributed by atoms with Gasteiger partial charge in [0.25, 0.3) is 5.91 Å². The van der Waals surface area contributed by atoms with Gasteiger partial charge in [0.1, 0.15) is 5.82 Å². The molecule has 33 heavy (non-hydrogen) atoms. The summed E-state index contributed by atoms with van der Waals surface area (Å²) in [5.74, 6) is 1.62. The Bertz CT molecular complexity index is 1160. The molecule has 0 radical (unpaired) electrons. The van der Waals surface area contributed by atoms with Gasteiger partial charge in [-0.05, 0) is 42.5 Å². The number of nitrogens with one attached hydrogen (secondary N) is 1. The Balaban J connectivity index is 1.55. The van der Waals surface area contributed by atoms with Gasteiger partial charge in [0, 0.05) is 28.9 Å². The van der Waals surface area contributed by atoms with E-state index < -0.39 is 0 Å². The van der Waals surface area contributed by atoms with E-state index in [4.69, 9.17) is 14.2 Å². The lowest BCUT2D eigenvalue weighted by atomic mass is 10.1. The predicted octanol–water partition coefficient (Wildman–Crippen LogP) is 5.24. The van der Waals surface area contributed by atoms with Crippen LogP contribution >= 0.6 is 23.1 Å². The summed E-state index contributed by atoms with van der Waals surface area (Å²) in [7, 11) is 4.55. The molecule has 172 valence electrons. The fraction of sp³-hybridized carbons (Fsp3) is 0.217. The number of hydrogen-bond acceptors (Lipinski definition) is 8. The van der Waals surface area contributed by atoms with Gasteiger partial charge in [-0.15, -0.1) is 23.1 Å². The van der Waals surface area contributed by atoms with Crippen molar-refractivity contribution >= 4 is 45.9 Å². The lowest BCUT2D eigenvalue weighted by molar-refractivity contribution is 0.0830. The van der Waals surface area contributed by atoms with Crippen LogP contribution in [0.1, 0.15) is 16.1 Å². The third-order valence-electron chi connectivity index (χ3n) is 4.88. The number of methoxy groups -OCH3 is 3. The van der Waals surface area contributed by atoms with Crippen LogP contribution in [-0.2, 0) is 0 Å². The van der Waals surface area contributed by atoms with Crippen molar-refractivity contribution in [2.75, 3.05) is 38.9 Å². The minimum absolute atomic E-state index is 0.162. The minimum Gasteiger partial charge on any atom is -0.493 e. The first-order valence-electron chi connectivity index (χ1n) is 9.97. The van der Waals surface area contributed by atoms with Crippen molar-refractivity contribution in [3.8, 4) is 17.2 Å². The topological polar surface area (TPSA) is 72.9 Å². The van der Waals surface area contributed by atoms with E-state index in [1.165, 1.54) is 44.8 Å². The van der Waals surface area contributed by atoms with Crippen LogP contribution in [0.2, 0.25) is 0 Å². The second-order valence-electron chi connectivity index (χ2n) is 6.91. The highest BCUT2D eigenvalue weighted by Gasteiger charge is 2.27. The van der Waals surface area contributed by atoms with Crippen molar-refractivity contribution < 1.29 is 23.4 Å². The standard InChI is InChI=1S/C23H22FN3O4S2/c1-29-18-10-14(11-19(30-2)21(18)31-3)22(28)27-8-9-32-20(27)12-17-13-33-23(26-17)25-16-6-4-15(24)5-7-16/h4-7,10-13H,8-9H2,1-3H3,(H,25,26)/b20-12+. The molecular formula is C23H22FN3O4S2. The summed E-state index contributed by atoms with van der Waals surface area (Å²) in [6, 6.07) is 9.38. The minimum atomic E-state index is -0.291. The van der Waals surface area contributed by atoms with Gasteiger partial charge in [0.05, 0.1) is 32.1 Å². The maximum atomic E-state index is 13.3. The number of benzene rings is 2. The van der Waals surface area contributed by atoms with Gasteiger partial charge in [-0.2, -0.15) is 0 Å². The van der Waals surface area contributed by atoms with Crippen molar-refractivity contribution in [2.45, 2.75) is 0 Å². The van der Waals surface area contributed by atoms with Crippen molar-refractivity contribution in [2.24, 2.45) is 0 Å². The molecule has 7 nitrogen and oxygen atoms in total. The third-order valence-corrected chi connectivity index (χ3v) is 6.67. The maximum Gasteiger partial charge on any atom is 0.258 e. The average Bonchev–Trinajstić information content (AvgIpc) is 3.48. The molecule has 0 aliphatic carbocycles. The first kappa shape index (κ1) is 22.9. The molecule has 2 aromatic carbocycles. The second-order valence-corrected chi connectivity index (χ2v) is 8.88. The molecule has 0 saturated carbocycles. The molecule has 1 aliphatic heterocycles. The number of anilines is 2. The molecule has 1 saturated heterocycles. The molecule has 0 atom stereocenters. The zero-order chi connectivity index (χ0) is 23.4. The maximum absolute atomic E-state index is 13.3. The number of ether oxygens (including phenoxy) is 3. The SMILES string of the molecule is COc1cc(C(=O)N2CCS/C2=C/c2csc(Nc3ccc(F)cc3)n2)cc(OC)c1OC. The molecule has 0 unspecified atom stereocenters. The Morgan fingerprint density at radius 3 is 2.45 bits per heavy atom. The average molecular weight is 488 g/mol. The summed E-state index contributed by atoms with van der Waals surface area (Å²) in [6.07, 6.45) is 1.89. The van der Waals surface area contributed by atoms with Crippen LogP contribution in [0.3, 0.4) is 0 Å². The van der Waals surface area contributed by atoms with Crippen LogP contribution in [0.15, 0.2) is 46.8 Å². The Kier molecular flexibility index (Phi) is 7.05. The molecule has 10 heteroatoms. The molecule has 1 aromatic heterocycles. The van der Waals surface area contributed by atoms with E-state index in [9.17, 15) is 9.18 Å². The lowest BCUT2D eigenvalue weighted by Crippen LogP contribution is -2.26. The molecule has 1 amide bonds. The van der Waals surface area contributed by atoms with Gasteiger partial charge in [-0.3, -0.25) is 4.79 Å². The Hall–Kier alpha value is -3.24. The summed E-state index contributed by atoms with van der Waals surface area (Å²) in [5, 5.41) is 6.55. The van der Waals surface area contributed by atoms with Gasteiger partial charge in [0.15, 0.2) is 16.6 Å². The highest BCUT2D eigenvalue weighted by Crippen LogP contribution is 2.40. The van der Waals surface area contributed by atoms with E-state index in [1.54, 1.807) is 40.9 Å². The first-order valence-corrected chi connectivity index (χ1v) is 11.8. The van der Waals surface area contributed by atoms with E-state index in [0.717, 1.165) is 22.2 Å². The van der Waals surface area contributed by atoms with Crippen molar-refractivity contribution in [1.82, 2.24) is 9.88 Å². The number of amides is 1. The van der Waals surface area contributed by atoms with Crippen LogP contribution < -0.4 is 19.5 Å². The van der Waals surface area contributed by atoms with E-state index in [1.807, 2.05) is 11.5 Å². The van der Waals surface area contributed by atoms with Gasteiger partial charge in [0.2, 0.25) is 5.75 Å². The molecule has 1 aliphatic rings. The molecular weight excluding hydrogens is 465 g/mol. The molecule has 2 heterocycles. The van der Waals surface area contributed by atoms with E-state index >= 15 is 0 Å². The number of nitrogens with zero attached hydrogens (tertiary/aromatic N) is 2. The normalized spacial score (nSPS) is 14.4. The number of carbonyl (C=O) groups is 1. The Labute approximate surface area is 199 Å². The van der Waals surface area contributed by atoms with Gasteiger partial charge in [-0.25, -0.2) is 9.37 Å². The van der Waals surface area contributed by atoms with Crippen LogP contribution in [0.25, 0.3) is 6.08 Å². The molecule has 4 rings (SSSR count). The molecule has 3 aromatic rings. The lowest BCUT2D eigenvalue weighted by Gasteiger charge is -2.19. The summed E-state index contributed by atoms with van der Waals surface area (Å²) >= 11 is 3.02. The summed E-state index contributed by atoms with van der Waals surface area (Å²) < 4.78 is 29.2. The zero-order valence-corrected chi connectivity index (χ0v) is 19.9.